The number of aryl methyl sites for hydroxylation is 2. The molecule has 4 rings (SSSR count). The topological polar surface area (TPSA) is 80.6 Å². The van der Waals surface area contributed by atoms with E-state index < -0.39 is 0 Å². The molecular formula is C21H27N5O3. The number of morpholine rings is 1. The Morgan fingerprint density at radius 2 is 1.97 bits per heavy atom. The molecule has 2 fully saturated rings. The molecule has 154 valence electrons. The highest BCUT2D eigenvalue weighted by Gasteiger charge is 2.31. The first-order chi connectivity index (χ1) is 14.0. The predicted octanol–water partition coefficient (Wildman–Crippen LogP) is 1.73. The Bertz CT molecular complexity index is 886. The van der Waals surface area contributed by atoms with Gasteiger partial charge in [-0.2, -0.15) is 5.10 Å². The number of ether oxygens (including phenoxy) is 1. The summed E-state index contributed by atoms with van der Waals surface area (Å²) in [5.41, 5.74) is 3.31. The van der Waals surface area contributed by atoms with Gasteiger partial charge < -0.3 is 14.5 Å². The minimum absolute atomic E-state index is 0.0174. The predicted molar refractivity (Wildman–Crippen MR) is 106 cm³/mol. The summed E-state index contributed by atoms with van der Waals surface area (Å²) in [5.74, 6) is 0.0326. The van der Waals surface area contributed by atoms with Crippen LogP contribution in [0.3, 0.4) is 0 Å². The van der Waals surface area contributed by atoms with Gasteiger partial charge in [0.2, 0.25) is 5.91 Å². The van der Waals surface area contributed by atoms with Gasteiger partial charge in [0.05, 0.1) is 36.2 Å². The molecule has 0 spiro atoms. The van der Waals surface area contributed by atoms with Crippen LogP contribution < -0.4 is 0 Å². The fourth-order valence-electron chi connectivity index (χ4n) is 4.10. The molecule has 2 aromatic heterocycles. The smallest absolute Gasteiger partial charge is 0.255 e. The van der Waals surface area contributed by atoms with Crippen molar-refractivity contribution in [3.05, 3.63) is 47.0 Å². The van der Waals surface area contributed by atoms with Gasteiger partial charge in [0.1, 0.15) is 6.54 Å². The molecule has 2 aromatic rings. The number of carbonyl (C=O) groups excluding carboxylic acids is 2. The molecular weight excluding hydrogens is 370 g/mol. The highest BCUT2D eigenvalue weighted by molar-refractivity contribution is 5.94. The molecule has 2 saturated heterocycles. The second-order valence-electron chi connectivity index (χ2n) is 7.71. The number of hydrogen-bond acceptors (Lipinski definition) is 5. The van der Waals surface area contributed by atoms with Gasteiger partial charge in [-0.25, -0.2) is 0 Å². The zero-order chi connectivity index (χ0) is 20.4. The van der Waals surface area contributed by atoms with E-state index in [0.29, 0.717) is 31.9 Å². The van der Waals surface area contributed by atoms with Crippen molar-refractivity contribution in [3.63, 3.8) is 0 Å². The zero-order valence-electron chi connectivity index (χ0n) is 17.0. The summed E-state index contributed by atoms with van der Waals surface area (Å²) in [6.45, 7) is 7.21. The van der Waals surface area contributed by atoms with E-state index in [0.717, 1.165) is 36.5 Å². The third kappa shape index (κ3) is 4.17. The summed E-state index contributed by atoms with van der Waals surface area (Å²) in [5, 5.41) is 4.40. The Kier molecular flexibility index (Phi) is 5.62. The average Bonchev–Trinajstić information content (AvgIpc) is 3.34. The van der Waals surface area contributed by atoms with Crippen LogP contribution in [0, 0.1) is 13.8 Å². The standard InChI is InChI=1S/C21H27N5O3/c1-15-12-16(2)26(23-15)14-20(27)25-7-3-4-19(25)18-6-5-17(13-22-18)21(28)24-8-10-29-11-9-24/h5-6,12-13,19H,3-4,7-11,14H2,1-2H3. The largest absolute Gasteiger partial charge is 0.378 e. The van der Waals surface area contributed by atoms with Gasteiger partial charge in [-0.05, 0) is 44.9 Å². The lowest BCUT2D eigenvalue weighted by molar-refractivity contribution is -0.133. The molecule has 1 atom stereocenters. The van der Waals surface area contributed by atoms with Gasteiger partial charge in [0, 0.05) is 31.5 Å². The molecule has 29 heavy (non-hydrogen) atoms. The van der Waals surface area contributed by atoms with Crippen molar-refractivity contribution in [1.29, 1.82) is 0 Å². The minimum atomic E-state index is -0.0491. The first kappa shape index (κ1) is 19.6. The first-order valence-electron chi connectivity index (χ1n) is 10.2. The average molecular weight is 397 g/mol. The number of amides is 2. The fraction of sp³-hybridized carbons (Fsp3) is 0.524. The normalized spacial score (nSPS) is 19.6. The molecule has 0 aromatic carbocycles. The molecule has 0 radical (unpaired) electrons. The monoisotopic (exact) mass is 397 g/mol. The van der Waals surface area contributed by atoms with Crippen LogP contribution in [0.5, 0.6) is 0 Å². The molecule has 8 heteroatoms. The number of nitrogens with zero attached hydrogens (tertiary/aromatic N) is 5. The maximum Gasteiger partial charge on any atom is 0.255 e. The summed E-state index contributed by atoms with van der Waals surface area (Å²) in [4.78, 5) is 33.7. The number of hydrogen-bond donors (Lipinski definition) is 0. The van der Waals surface area contributed by atoms with Crippen molar-refractivity contribution in [2.75, 3.05) is 32.8 Å². The van der Waals surface area contributed by atoms with E-state index in [9.17, 15) is 9.59 Å². The lowest BCUT2D eigenvalue weighted by Gasteiger charge is -2.27. The Hall–Kier alpha value is -2.74. The van der Waals surface area contributed by atoms with Crippen molar-refractivity contribution in [2.24, 2.45) is 0 Å². The van der Waals surface area contributed by atoms with E-state index >= 15 is 0 Å². The quantitative estimate of drug-likeness (QED) is 0.785. The highest BCUT2D eigenvalue weighted by Crippen LogP contribution is 2.31. The maximum atomic E-state index is 12.9. The third-order valence-corrected chi connectivity index (χ3v) is 5.63. The van der Waals surface area contributed by atoms with Gasteiger partial charge in [0.25, 0.3) is 5.91 Å². The molecule has 0 bridgehead atoms. The maximum absolute atomic E-state index is 12.9. The lowest BCUT2D eigenvalue weighted by atomic mass is 10.1. The van der Waals surface area contributed by atoms with Crippen molar-refractivity contribution in [2.45, 2.75) is 39.3 Å². The summed E-state index contributed by atoms with van der Waals surface area (Å²) in [6.07, 6.45) is 3.46. The Morgan fingerprint density at radius 3 is 2.62 bits per heavy atom. The van der Waals surface area contributed by atoms with E-state index in [-0.39, 0.29) is 24.4 Å². The van der Waals surface area contributed by atoms with Crippen molar-refractivity contribution < 1.29 is 14.3 Å². The van der Waals surface area contributed by atoms with Crippen LogP contribution in [0.4, 0.5) is 0 Å². The summed E-state index contributed by atoms with van der Waals surface area (Å²) < 4.78 is 7.06. The van der Waals surface area contributed by atoms with Crippen LogP contribution in [0.2, 0.25) is 0 Å². The number of carbonyl (C=O) groups is 2. The molecule has 0 N–H and O–H groups in total. The summed E-state index contributed by atoms with van der Waals surface area (Å²) in [7, 11) is 0. The molecule has 2 aliphatic rings. The van der Waals surface area contributed by atoms with Crippen LogP contribution in [-0.2, 0) is 16.1 Å². The van der Waals surface area contributed by atoms with E-state index in [4.69, 9.17) is 4.74 Å². The minimum Gasteiger partial charge on any atom is -0.378 e. The van der Waals surface area contributed by atoms with Gasteiger partial charge >= 0.3 is 0 Å². The number of aromatic nitrogens is 3. The molecule has 8 nitrogen and oxygen atoms in total. The Morgan fingerprint density at radius 1 is 1.17 bits per heavy atom. The Balaban J connectivity index is 1.44. The molecule has 2 aliphatic heterocycles. The lowest BCUT2D eigenvalue weighted by Crippen LogP contribution is -2.40. The van der Waals surface area contributed by atoms with Crippen LogP contribution in [0.25, 0.3) is 0 Å². The second kappa shape index (κ2) is 8.32. The van der Waals surface area contributed by atoms with Gasteiger partial charge in [-0.15, -0.1) is 0 Å². The summed E-state index contributed by atoms with van der Waals surface area (Å²) >= 11 is 0. The van der Waals surface area contributed by atoms with Crippen LogP contribution in [-0.4, -0.2) is 69.2 Å². The van der Waals surface area contributed by atoms with Crippen LogP contribution in [0.15, 0.2) is 24.4 Å². The molecule has 1 unspecified atom stereocenters. The van der Waals surface area contributed by atoms with E-state index in [1.165, 1.54) is 0 Å². The van der Waals surface area contributed by atoms with Crippen molar-refractivity contribution >= 4 is 11.8 Å². The molecule has 0 saturated carbocycles. The first-order valence-corrected chi connectivity index (χ1v) is 10.2. The van der Waals surface area contributed by atoms with Gasteiger partial charge in [-0.3, -0.25) is 19.3 Å². The second-order valence-corrected chi connectivity index (χ2v) is 7.71. The Labute approximate surface area is 170 Å². The molecule has 2 amide bonds. The molecule has 4 heterocycles. The van der Waals surface area contributed by atoms with Crippen LogP contribution in [0.1, 0.15) is 46.3 Å². The van der Waals surface area contributed by atoms with Crippen LogP contribution >= 0.6 is 0 Å². The third-order valence-electron chi connectivity index (χ3n) is 5.63. The van der Waals surface area contributed by atoms with E-state index in [1.807, 2.05) is 36.9 Å². The summed E-state index contributed by atoms with van der Waals surface area (Å²) in [6, 6.07) is 5.63. The number of rotatable bonds is 4. The van der Waals surface area contributed by atoms with Crippen molar-refractivity contribution in [3.8, 4) is 0 Å². The van der Waals surface area contributed by atoms with Crippen molar-refractivity contribution in [1.82, 2.24) is 24.6 Å². The SMILES string of the molecule is Cc1cc(C)n(CC(=O)N2CCCC2c2ccc(C(=O)N3CCOCC3)cn2)n1. The van der Waals surface area contributed by atoms with E-state index in [1.54, 1.807) is 15.8 Å². The number of likely N-dealkylation sites (tertiary alicyclic amines) is 1. The van der Waals surface area contributed by atoms with E-state index in [2.05, 4.69) is 10.1 Å². The molecule has 0 aliphatic carbocycles. The zero-order valence-corrected chi connectivity index (χ0v) is 17.0. The number of pyridine rings is 1. The highest BCUT2D eigenvalue weighted by atomic mass is 16.5. The van der Waals surface area contributed by atoms with Gasteiger partial charge in [0.15, 0.2) is 0 Å². The van der Waals surface area contributed by atoms with Gasteiger partial charge in [-0.1, -0.05) is 0 Å². The fourth-order valence-corrected chi connectivity index (χ4v) is 4.10.